The zero-order valence-corrected chi connectivity index (χ0v) is 21.9. The maximum Gasteiger partial charge on any atom is 0.417 e. The number of pyridine rings is 1. The number of halogens is 4. The molecule has 4 rings (SSSR count). The number of para-hydroxylation sites is 1. The molecule has 12 heteroatoms. The number of hydrogen-bond acceptors (Lipinski definition) is 5. The first-order chi connectivity index (χ1) is 18.0. The Kier molecular flexibility index (Phi) is 8.29. The van der Waals surface area contributed by atoms with Crippen LogP contribution in [-0.4, -0.2) is 49.9 Å². The number of aromatic nitrogens is 1. The molecule has 0 saturated carbocycles. The van der Waals surface area contributed by atoms with Gasteiger partial charge in [0.1, 0.15) is 10.9 Å². The van der Waals surface area contributed by atoms with E-state index >= 15 is 0 Å². The fourth-order valence-electron chi connectivity index (χ4n) is 4.31. The molecule has 2 aromatic carbocycles. The number of alkyl halides is 3. The Hall–Kier alpha value is -3.15. The van der Waals surface area contributed by atoms with Crippen LogP contribution >= 0.6 is 11.6 Å². The largest absolute Gasteiger partial charge is 0.493 e. The third-order valence-electron chi connectivity index (χ3n) is 6.15. The molecule has 0 aliphatic carbocycles. The van der Waals surface area contributed by atoms with E-state index in [9.17, 15) is 26.4 Å². The van der Waals surface area contributed by atoms with Crippen LogP contribution in [0.1, 0.15) is 35.7 Å². The standard InChI is InChI=1S/C26H25ClF3N3O4S/c1-2-37-22-6-4-3-5-20(22)17-7-9-23(21(15-17)26(28,29)30)38(35,36)32-19-11-13-33(14-12-19)25(34)18-8-10-24(27)31-16-18/h3-10,15-16,19,32H,2,11-14H2,1H3. The lowest BCUT2D eigenvalue weighted by Crippen LogP contribution is -2.46. The van der Waals surface area contributed by atoms with Gasteiger partial charge in [-0.15, -0.1) is 0 Å². The summed E-state index contributed by atoms with van der Waals surface area (Å²) in [5.41, 5.74) is -0.320. The molecule has 1 N–H and O–H groups in total. The first kappa shape index (κ1) is 27.9. The summed E-state index contributed by atoms with van der Waals surface area (Å²) in [6.07, 6.45) is -3.07. The Balaban J connectivity index is 1.53. The number of carbonyl (C=O) groups is 1. The lowest BCUT2D eigenvalue weighted by molar-refractivity contribution is -0.139. The van der Waals surface area contributed by atoms with Gasteiger partial charge in [-0.2, -0.15) is 13.2 Å². The first-order valence-corrected chi connectivity index (χ1v) is 13.7. The van der Waals surface area contributed by atoms with Crippen LogP contribution in [0.3, 0.4) is 0 Å². The molecule has 0 radical (unpaired) electrons. The third-order valence-corrected chi connectivity index (χ3v) is 7.95. The Labute approximate surface area is 223 Å². The van der Waals surface area contributed by atoms with Crippen molar-refractivity contribution in [2.24, 2.45) is 0 Å². The molecule has 3 aromatic rings. The van der Waals surface area contributed by atoms with Crippen molar-refractivity contribution in [3.05, 3.63) is 77.1 Å². The van der Waals surface area contributed by atoms with Gasteiger partial charge in [-0.05, 0) is 55.7 Å². The van der Waals surface area contributed by atoms with E-state index in [4.69, 9.17) is 16.3 Å². The van der Waals surface area contributed by atoms with Gasteiger partial charge in [0.15, 0.2) is 0 Å². The van der Waals surface area contributed by atoms with Crippen molar-refractivity contribution in [3.63, 3.8) is 0 Å². The number of nitrogens with one attached hydrogen (secondary N) is 1. The fraction of sp³-hybridized carbons (Fsp3) is 0.308. The van der Waals surface area contributed by atoms with Crippen LogP contribution in [0.4, 0.5) is 13.2 Å². The molecule has 1 aliphatic heterocycles. The summed E-state index contributed by atoms with van der Waals surface area (Å²) in [7, 11) is -4.52. The van der Waals surface area contributed by atoms with E-state index in [1.807, 2.05) is 0 Å². The maximum atomic E-state index is 14.0. The van der Waals surface area contributed by atoms with E-state index in [1.54, 1.807) is 42.2 Å². The van der Waals surface area contributed by atoms with Gasteiger partial charge >= 0.3 is 6.18 Å². The topological polar surface area (TPSA) is 88.6 Å². The predicted octanol–water partition coefficient (Wildman–Crippen LogP) is 5.40. The smallest absolute Gasteiger partial charge is 0.417 e. The molecule has 0 bridgehead atoms. The minimum absolute atomic E-state index is 0.184. The van der Waals surface area contributed by atoms with E-state index in [1.165, 1.54) is 18.3 Å². The molecular formula is C26H25ClF3N3O4S. The van der Waals surface area contributed by atoms with E-state index in [-0.39, 0.29) is 42.6 Å². The average Bonchev–Trinajstić information content (AvgIpc) is 2.89. The molecule has 1 fully saturated rings. The normalized spacial score (nSPS) is 14.9. The van der Waals surface area contributed by atoms with Crippen molar-refractivity contribution in [3.8, 4) is 16.9 Å². The quantitative estimate of drug-likeness (QED) is 0.386. The van der Waals surface area contributed by atoms with E-state index in [0.29, 0.717) is 23.5 Å². The van der Waals surface area contributed by atoms with Crippen molar-refractivity contribution in [2.75, 3.05) is 19.7 Å². The molecule has 2 heterocycles. The van der Waals surface area contributed by atoms with Crippen LogP contribution in [0.15, 0.2) is 65.7 Å². The number of likely N-dealkylation sites (tertiary alicyclic amines) is 1. The first-order valence-electron chi connectivity index (χ1n) is 11.9. The summed E-state index contributed by atoms with van der Waals surface area (Å²) in [5.74, 6) is 0.116. The summed E-state index contributed by atoms with van der Waals surface area (Å²) < 4.78 is 76.3. The number of hydrogen-bond donors (Lipinski definition) is 1. The number of amides is 1. The summed E-state index contributed by atoms with van der Waals surface area (Å²) in [5, 5.41) is 0.249. The number of piperidine rings is 1. The Morgan fingerprint density at radius 3 is 2.47 bits per heavy atom. The summed E-state index contributed by atoms with van der Waals surface area (Å²) in [6, 6.07) is 12.2. The molecule has 0 spiro atoms. The fourth-order valence-corrected chi connectivity index (χ4v) is 5.93. The van der Waals surface area contributed by atoms with E-state index in [0.717, 1.165) is 12.1 Å². The van der Waals surface area contributed by atoms with Crippen LogP contribution in [0, 0.1) is 0 Å². The summed E-state index contributed by atoms with van der Waals surface area (Å²) >= 11 is 5.75. The van der Waals surface area contributed by atoms with Crippen LogP contribution in [0.25, 0.3) is 11.1 Å². The predicted molar refractivity (Wildman–Crippen MR) is 137 cm³/mol. The molecule has 1 aromatic heterocycles. The molecule has 1 aliphatic rings. The zero-order chi connectivity index (χ0) is 27.5. The summed E-state index contributed by atoms with van der Waals surface area (Å²) in [6.45, 7) is 2.54. The molecule has 0 atom stereocenters. The lowest BCUT2D eigenvalue weighted by Gasteiger charge is -2.32. The van der Waals surface area contributed by atoms with Gasteiger partial charge in [0, 0.05) is 30.9 Å². The molecule has 7 nitrogen and oxygen atoms in total. The summed E-state index contributed by atoms with van der Waals surface area (Å²) in [4.78, 5) is 17.2. The van der Waals surface area contributed by atoms with Crippen LogP contribution in [0.5, 0.6) is 5.75 Å². The highest BCUT2D eigenvalue weighted by molar-refractivity contribution is 7.89. The van der Waals surface area contributed by atoms with Gasteiger partial charge in [-0.3, -0.25) is 4.79 Å². The van der Waals surface area contributed by atoms with E-state index < -0.39 is 32.7 Å². The Morgan fingerprint density at radius 1 is 1.13 bits per heavy atom. The van der Waals surface area contributed by atoms with Crippen LogP contribution in [-0.2, 0) is 16.2 Å². The zero-order valence-electron chi connectivity index (χ0n) is 20.3. The molecule has 1 amide bonds. The molecular weight excluding hydrogens is 543 g/mol. The second kappa shape index (κ2) is 11.3. The highest BCUT2D eigenvalue weighted by atomic mass is 35.5. The van der Waals surface area contributed by atoms with Gasteiger partial charge in [0.25, 0.3) is 5.91 Å². The minimum Gasteiger partial charge on any atom is -0.493 e. The average molecular weight is 568 g/mol. The number of carbonyl (C=O) groups excluding carboxylic acids is 1. The number of rotatable bonds is 7. The van der Waals surface area contributed by atoms with Gasteiger partial charge in [-0.25, -0.2) is 18.1 Å². The monoisotopic (exact) mass is 567 g/mol. The lowest BCUT2D eigenvalue weighted by atomic mass is 10.0. The highest BCUT2D eigenvalue weighted by Gasteiger charge is 2.38. The Morgan fingerprint density at radius 2 is 1.84 bits per heavy atom. The van der Waals surface area contributed by atoms with Gasteiger partial charge in [0.05, 0.1) is 22.6 Å². The number of sulfonamides is 1. The number of benzene rings is 2. The Bertz CT molecular complexity index is 1410. The second-order valence-corrected chi connectivity index (χ2v) is 10.8. The SMILES string of the molecule is CCOc1ccccc1-c1ccc(S(=O)(=O)NC2CCN(C(=O)c3ccc(Cl)nc3)CC2)c(C(F)(F)F)c1. The van der Waals surface area contributed by atoms with Gasteiger partial charge in [0.2, 0.25) is 10.0 Å². The minimum atomic E-state index is -4.91. The number of ether oxygens (including phenoxy) is 1. The number of nitrogens with zero attached hydrogens (tertiary/aromatic N) is 2. The molecule has 202 valence electrons. The highest BCUT2D eigenvalue weighted by Crippen LogP contribution is 2.39. The molecule has 1 saturated heterocycles. The molecule has 38 heavy (non-hydrogen) atoms. The van der Waals surface area contributed by atoms with Crippen molar-refractivity contribution in [2.45, 2.75) is 36.9 Å². The maximum absolute atomic E-state index is 14.0. The van der Waals surface area contributed by atoms with Crippen molar-refractivity contribution >= 4 is 27.5 Å². The second-order valence-electron chi connectivity index (χ2n) is 8.70. The van der Waals surface area contributed by atoms with Crippen molar-refractivity contribution in [1.82, 2.24) is 14.6 Å². The third kappa shape index (κ3) is 6.28. The van der Waals surface area contributed by atoms with Crippen LogP contribution < -0.4 is 9.46 Å². The van der Waals surface area contributed by atoms with Crippen molar-refractivity contribution < 1.29 is 31.1 Å². The van der Waals surface area contributed by atoms with Gasteiger partial charge < -0.3 is 9.64 Å². The van der Waals surface area contributed by atoms with Gasteiger partial charge in [-0.1, -0.05) is 35.9 Å². The molecule has 0 unspecified atom stereocenters. The van der Waals surface area contributed by atoms with E-state index in [2.05, 4.69) is 9.71 Å². The van der Waals surface area contributed by atoms with Crippen LogP contribution in [0.2, 0.25) is 5.15 Å². The van der Waals surface area contributed by atoms with Crippen molar-refractivity contribution in [1.29, 1.82) is 0 Å².